The third-order valence-corrected chi connectivity index (χ3v) is 4.94. The number of nitrogens with zero attached hydrogens (tertiary/aromatic N) is 1. The lowest BCUT2D eigenvalue weighted by Gasteiger charge is -2.29. The van der Waals surface area contributed by atoms with Crippen LogP contribution >= 0.6 is 15.9 Å². The average Bonchev–Trinajstić information content (AvgIpc) is 3.20. The number of carboxylic acid groups (broad SMARTS) is 1. The van der Waals surface area contributed by atoms with E-state index in [0.29, 0.717) is 18.0 Å². The second-order valence-electron chi connectivity index (χ2n) is 6.03. The largest absolute Gasteiger partial charge is 0.465 e. The van der Waals surface area contributed by atoms with E-state index in [1.54, 1.807) is 0 Å². The van der Waals surface area contributed by atoms with Crippen LogP contribution in [-0.4, -0.2) is 34.3 Å². The molecule has 2 atom stereocenters. The van der Waals surface area contributed by atoms with Gasteiger partial charge in [0.15, 0.2) is 0 Å². The normalized spacial score (nSPS) is 31.7. The van der Waals surface area contributed by atoms with Gasteiger partial charge >= 0.3 is 6.09 Å². The van der Waals surface area contributed by atoms with Gasteiger partial charge < -0.3 is 15.7 Å². The van der Waals surface area contributed by atoms with E-state index in [1.807, 2.05) is 12.3 Å². The van der Waals surface area contributed by atoms with Crippen molar-refractivity contribution in [2.45, 2.75) is 56.1 Å². The smallest absolute Gasteiger partial charge is 0.404 e. The van der Waals surface area contributed by atoms with Gasteiger partial charge in [-0.1, -0.05) is 6.07 Å². The maximum Gasteiger partial charge on any atom is 0.404 e. The van der Waals surface area contributed by atoms with Crippen molar-refractivity contribution in [1.29, 1.82) is 0 Å². The molecular formula is C15H20BrN3O2. The third kappa shape index (κ3) is 3.95. The zero-order valence-corrected chi connectivity index (χ0v) is 13.3. The van der Waals surface area contributed by atoms with Crippen molar-refractivity contribution >= 4 is 22.0 Å². The molecular weight excluding hydrogens is 334 g/mol. The standard InChI is InChI=1S/C15H20BrN3O2/c16-14-6-1-9(8-17-14)12-7-13(12)18-10-2-4-11(5-3-10)19-15(20)21/h1,6,8,10-13,18-19H,2-5,7H2,(H,20,21)/t10?,11?,12-,13+/m0/s1. The van der Waals surface area contributed by atoms with Gasteiger partial charge in [-0.2, -0.15) is 0 Å². The second kappa shape index (κ2) is 6.32. The monoisotopic (exact) mass is 353 g/mol. The molecule has 6 heteroatoms. The van der Waals surface area contributed by atoms with Crippen LogP contribution in [0.25, 0.3) is 0 Å². The van der Waals surface area contributed by atoms with Crippen LogP contribution in [-0.2, 0) is 0 Å². The number of hydrogen-bond donors (Lipinski definition) is 3. The number of hydrogen-bond acceptors (Lipinski definition) is 3. The molecule has 3 N–H and O–H groups in total. The quantitative estimate of drug-likeness (QED) is 0.727. The van der Waals surface area contributed by atoms with E-state index in [0.717, 1.165) is 30.3 Å². The summed E-state index contributed by atoms with van der Waals surface area (Å²) < 4.78 is 0.876. The van der Waals surface area contributed by atoms with Gasteiger partial charge in [0.05, 0.1) is 0 Å². The van der Waals surface area contributed by atoms with Crippen LogP contribution in [0.3, 0.4) is 0 Å². The highest BCUT2D eigenvalue weighted by molar-refractivity contribution is 9.10. The summed E-state index contributed by atoms with van der Waals surface area (Å²) in [4.78, 5) is 14.9. The molecule has 114 valence electrons. The van der Waals surface area contributed by atoms with Crippen LogP contribution in [0.5, 0.6) is 0 Å². The SMILES string of the molecule is O=C(O)NC1CCC(N[C@@H]2C[C@H]2c2ccc(Br)nc2)CC1. The van der Waals surface area contributed by atoms with Crippen molar-refractivity contribution in [3.05, 3.63) is 28.5 Å². The zero-order chi connectivity index (χ0) is 14.8. The first-order valence-electron chi connectivity index (χ1n) is 7.49. The highest BCUT2D eigenvalue weighted by atomic mass is 79.9. The molecule has 0 aromatic carbocycles. The molecule has 2 saturated carbocycles. The minimum absolute atomic E-state index is 0.131. The Morgan fingerprint density at radius 2 is 1.95 bits per heavy atom. The summed E-state index contributed by atoms with van der Waals surface area (Å²) in [5.41, 5.74) is 1.30. The average molecular weight is 354 g/mol. The fourth-order valence-electron chi connectivity index (χ4n) is 3.24. The van der Waals surface area contributed by atoms with Gasteiger partial charge in [0.2, 0.25) is 0 Å². The predicted octanol–water partition coefficient (Wildman–Crippen LogP) is 2.87. The van der Waals surface area contributed by atoms with E-state index in [2.05, 4.69) is 37.6 Å². The Morgan fingerprint density at radius 3 is 2.57 bits per heavy atom. The molecule has 5 nitrogen and oxygen atoms in total. The predicted molar refractivity (Wildman–Crippen MR) is 83.4 cm³/mol. The van der Waals surface area contributed by atoms with Crippen LogP contribution in [0.2, 0.25) is 0 Å². The van der Waals surface area contributed by atoms with Crippen molar-refractivity contribution < 1.29 is 9.90 Å². The zero-order valence-electron chi connectivity index (χ0n) is 11.8. The van der Waals surface area contributed by atoms with E-state index in [4.69, 9.17) is 5.11 Å². The summed E-state index contributed by atoms with van der Waals surface area (Å²) in [6.45, 7) is 0. The van der Waals surface area contributed by atoms with Crippen LogP contribution in [0.15, 0.2) is 22.9 Å². The van der Waals surface area contributed by atoms with E-state index < -0.39 is 6.09 Å². The molecule has 3 rings (SSSR count). The molecule has 0 unspecified atom stereocenters. The summed E-state index contributed by atoms with van der Waals surface area (Å²) in [5.74, 6) is 0.584. The molecule has 2 aliphatic rings. The molecule has 1 aromatic rings. The molecule has 2 fully saturated rings. The molecule has 0 saturated heterocycles. The highest BCUT2D eigenvalue weighted by Crippen LogP contribution is 2.41. The Morgan fingerprint density at radius 1 is 1.24 bits per heavy atom. The number of rotatable bonds is 4. The molecule has 21 heavy (non-hydrogen) atoms. The molecule has 1 aromatic heterocycles. The maximum absolute atomic E-state index is 10.6. The van der Waals surface area contributed by atoms with E-state index in [9.17, 15) is 4.79 Å². The lowest BCUT2D eigenvalue weighted by atomic mass is 9.91. The van der Waals surface area contributed by atoms with Crippen LogP contribution in [0.4, 0.5) is 4.79 Å². The molecule has 2 aliphatic carbocycles. The van der Waals surface area contributed by atoms with E-state index in [1.165, 1.54) is 12.0 Å². The summed E-state index contributed by atoms with van der Waals surface area (Å²) in [7, 11) is 0. The van der Waals surface area contributed by atoms with Crippen LogP contribution in [0.1, 0.15) is 43.6 Å². The first-order chi connectivity index (χ1) is 10.1. The molecule has 1 amide bonds. The van der Waals surface area contributed by atoms with Crippen molar-refractivity contribution in [3.63, 3.8) is 0 Å². The number of amides is 1. The topological polar surface area (TPSA) is 74.2 Å². The first kappa shape index (κ1) is 14.8. The number of pyridine rings is 1. The van der Waals surface area contributed by atoms with Gasteiger partial charge in [-0.05, 0) is 59.7 Å². The van der Waals surface area contributed by atoms with Gasteiger partial charge in [-0.25, -0.2) is 9.78 Å². The minimum Gasteiger partial charge on any atom is -0.465 e. The van der Waals surface area contributed by atoms with Crippen LogP contribution < -0.4 is 10.6 Å². The summed E-state index contributed by atoms with van der Waals surface area (Å²) in [6.07, 6.45) is 6.18. The lowest BCUT2D eigenvalue weighted by molar-refractivity contribution is 0.183. The Hall–Kier alpha value is -1.14. The molecule has 1 heterocycles. The molecule has 0 spiro atoms. The highest BCUT2D eigenvalue weighted by Gasteiger charge is 2.40. The molecule has 0 aliphatic heterocycles. The lowest BCUT2D eigenvalue weighted by Crippen LogP contribution is -2.42. The number of nitrogens with one attached hydrogen (secondary N) is 2. The van der Waals surface area contributed by atoms with Crippen LogP contribution in [0, 0.1) is 0 Å². The first-order valence-corrected chi connectivity index (χ1v) is 8.28. The Balaban J connectivity index is 1.43. The molecule has 0 radical (unpaired) electrons. The summed E-state index contributed by atoms with van der Waals surface area (Å²) in [5, 5.41) is 15.0. The number of carbonyl (C=O) groups is 1. The summed E-state index contributed by atoms with van der Waals surface area (Å²) in [6, 6.07) is 5.34. The number of aromatic nitrogens is 1. The van der Waals surface area contributed by atoms with Crippen molar-refractivity contribution in [2.75, 3.05) is 0 Å². The van der Waals surface area contributed by atoms with E-state index >= 15 is 0 Å². The van der Waals surface area contributed by atoms with Gasteiger partial charge in [0.1, 0.15) is 4.60 Å². The molecule has 0 bridgehead atoms. The van der Waals surface area contributed by atoms with Crippen molar-refractivity contribution in [3.8, 4) is 0 Å². The van der Waals surface area contributed by atoms with Gasteiger partial charge in [-0.3, -0.25) is 0 Å². The third-order valence-electron chi connectivity index (χ3n) is 4.47. The fourth-order valence-corrected chi connectivity index (χ4v) is 3.47. The maximum atomic E-state index is 10.6. The Kier molecular flexibility index (Phi) is 4.45. The Bertz CT molecular complexity index is 500. The van der Waals surface area contributed by atoms with Crippen molar-refractivity contribution in [1.82, 2.24) is 15.6 Å². The van der Waals surface area contributed by atoms with Gasteiger partial charge in [0.25, 0.3) is 0 Å². The number of halogens is 1. The van der Waals surface area contributed by atoms with Crippen molar-refractivity contribution in [2.24, 2.45) is 0 Å². The summed E-state index contributed by atoms with van der Waals surface area (Å²) >= 11 is 3.36. The second-order valence-corrected chi connectivity index (χ2v) is 6.84. The fraction of sp³-hybridized carbons (Fsp3) is 0.600. The van der Waals surface area contributed by atoms with E-state index in [-0.39, 0.29) is 6.04 Å². The minimum atomic E-state index is -0.906. The van der Waals surface area contributed by atoms with Gasteiger partial charge in [-0.15, -0.1) is 0 Å². The Labute approximate surface area is 132 Å². The van der Waals surface area contributed by atoms with Gasteiger partial charge in [0, 0.05) is 30.2 Å².